The Kier molecular flexibility index (Phi) is 4.60. The van der Waals surface area contributed by atoms with Crippen molar-refractivity contribution in [1.82, 2.24) is 40.0 Å². The van der Waals surface area contributed by atoms with Crippen LogP contribution in [0.1, 0.15) is 0 Å². The van der Waals surface area contributed by atoms with Gasteiger partial charge in [0, 0.05) is 23.3 Å². The van der Waals surface area contributed by atoms with E-state index in [9.17, 15) is 4.79 Å². The Bertz CT molecular complexity index is 1370. The average molecular weight is 413 g/mol. The van der Waals surface area contributed by atoms with E-state index < -0.39 is 0 Å². The third-order valence-corrected chi connectivity index (χ3v) is 4.71. The Balaban J connectivity index is 1.51. The highest BCUT2D eigenvalue weighted by molar-refractivity contribution is 5.95. The molecule has 10 nitrogen and oxygen atoms in total. The van der Waals surface area contributed by atoms with Crippen LogP contribution in [-0.2, 0) is 4.79 Å². The summed E-state index contributed by atoms with van der Waals surface area (Å²) >= 11 is 0. The number of hydrogen-bond donors (Lipinski definition) is 3. The molecule has 1 amide bonds. The number of imidazole rings is 1. The molecule has 0 aliphatic rings. The minimum absolute atomic E-state index is 0.108. The molecule has 0 fully saturated rings. The second-order valence-electron chi connectivity index (χ2n) is 7.40. The van der Waals surface area contributed by atoms with E-state index in [0.29, 0.717) is 35.1 Å². The second kappa shape index (κ2) is 7.58. The van der Waals surface area contributed by atoms with Gasteiger partial charge in [0.05, 0.1) is 41.4 Å². The molecule has 5 aromatic heterocycles. The molecule has 0 aliphatic carbocycles. The van der Waals surface area contributed by atoms with Gasteiger partial charge in [-0.2, -0.15) is 5.10 Å². The van der Waals surface area contributed by atoms with Crippen LogP contribution in [0, 0.1) is 0 Å². The molecular weight excluding hydrogens is 394 g/mol. The van der Waals surface area contributed by atoms with Crippen LogP contribution in [-0.4, -0.2) is 66.6 Å². The molecule has 0 saturated carbocycles. The standard InChI is InChI=1S/C21H19N9O/c1-30(2)11-18(31)25-13-6-12(8-22-9-13)16-7-14-17(10-24-16)28-29-19(14)21-26-15-4-3-5-23-20(15)27-21/h3-10H,11H2,1-2H3,(H,25,31)(H,28,29)(H,23,26,27). The van der Waals surface area contributed by atoms with Crippen LogP contribution in [0.4, 0.5) is 5.69 Å². The summed E-state index contributed by atoms with van der Waals surface area (Å²) in [6, 6.07) is 7.55. The zero-order valence-electron chi connectivity index (χ0n) is 16.9. The summed E-state index contributed by atoms with van der Waals surface area (Å²) in [6.45, 7) is 0.291. The first-order chi connectivity index (χ1) is 15.1. The number of aromatic nitrogens is 7. The molecule has 5 rings (SSSR count). The van der Waals surface area contributed by atoms with Crippen molar-refractivity contribution in [2.75, 3.05) is 26.0 Å². The van der Waals surface area contributed by atoms with E-state index in [1.165, 1.54) is 0 Å². The Morgan fingerprint density at radius 1 is 1.13 bits per heavy atom. The van der Waals surface area contributed by atoms with Crippen LogP contribution < -0.4 is 5.32 Å². The summed E-state index contributed by atoms with van der Waals surface area (Å²) in [5.41, 5.74) is 5.04. The zero-order chi connectivity index (χ0) is 21.4. The number of carbonyl (C=O) groups excluding carboxylic acids is 1. The fourth-order valence-corrected chi connectivity index (χ4v) is 3.35. The molecule has 0 radical (unpaired) electrons. The van der Waals surface area contributed by atoms with Crippen molar-refractivity contribution in [2.45, 2.75) is 0 Å². The molecule has 0 saturated heterocycles. The number of rotatable bonds is 5. The van der Waals surface area contributed by atoms with Gasteiger partial charge in [-0.05, 0) is 38.4 Å². The van der Waals surface area contributed by atoms with E-state index in [1.54, 1.807) is 29.7 Å². The normalized spacial score (nSPS) is 11.5. The smallest absolute Gasteiger partial charge is 0.238 e. The fraction of sp³-hybridized carbons (Fsp3) is 0.143. The molecule has 5 heterocycles. The first-order valence-electron chi connectivity index (χ1n) is 9.62. The molecule has 10 heteroatoms. The van der Waals surface area contributed by atoms with Gasteiger partial charge in [-0.25, -0.2) is 9.97 Å². The van der Waals surface area contributed by atoms with Crippen molar-refractivity contribution in [2.24, 2.45) is 0 Å². The van der Waals surface area contributed by atoms with Crippen LogP contribution in [0.25, 0.3) is 44.8 Å². The number of likely N-dealkylation sites (N-methyl/N-ethyl adjacent to an activating group) is 1. The summed E-state index contributed by atoms with van der Waals surface area (Å²) in [5, 5.41) is 11.1. The van der Waals surface area contributed by atoms with Crippen LogP contribution >= 0.6 is 0 Å². The first kappa shape index (κ1) is 18.8. The number of fused-ring (bicyclic) bond motifs is 2. The molecule has 5 aromatic rings. The number of pyridine rings is 3. The number of carbonyl (C=O) groups is 1. The Labute approximate surface area is 176 Å². The summed E-state index contributed by atoms with van der Waals surface area (Å²) < 4.78 is 0. The van der Waals surface area contributed by atoms with Crippen LogP contribution in [0.15, 0.2) is 49.1 Å². The Morgan fingerprint density at radius 2 is 2.03 bits per heavy atom. The number of nitrogens with one attached hydrogen (secondary N) is 3. The number of anilines is 1. The van der Waals surface area contributed by atoms with Gasteiger partial charge in [0.1, 0.15) is 5.69 Å². The van der Waals surface area contributed by atoms with E-state index >= 15 is 0 Å². The second-order valence-corrected chi connectivity index (χ2v) is 7.40. The molecule has 0 atom stereocenters. The monoisotopic (exact) mass is 413 g/mol. The minimum atomic E-state index is -0.108. The third kappa shape index (κ3) is 3.71. The van der Waals surface area contributed by atoms with Gasteiger partial charge in [0.15, 0.2) is 11.5 Å². The maximum Gasteiger partial charge on any atom is 0.238 e. The van der Waals surface area contributed by atoms with Crippen LogP contribution in [0.5, 0.6) is 0 Å². The number of H-pyrrole nitrogens is 2. The highest BCUT2D eigenvalue weighted by Gasteiger charge is 2.15. The summed E-state index contributed by atoms with van der Waals surface area (Å²) in [5.74, 6) is 0.517. The van der Waals surface area contributed by atoms with E-state index in [1.807, 2.05) is 38.4 Å². The maximum absolute atomic E-state index is 12.1. The quantitative estimate of drug-likeness (QED) is 0.404. The average Bonchev–Trinajstić information content (AvgIpc) is 3.36. The van der Waals surface area contributed by atoms with Crippen molar-refractivity contribution in [3.8, 4) is 22.8 Å². The van der Waals surface area contributed by atoms with E-state index in [4.69, 9.17) is 0 Å². The number of aromatic amines is 2. The highest BCUT2D eigenvalue weighted by Crippen LogP contribution is 2.29. The van der Waals surface area contributed by atoms with Gasteiger partial charge in [-0.1, -0.05) is 0 Å². The molecule has 0 aromatic carbocycles. The van der Waals surface area contributed by atoms with Crippen molar-refractivity contribution in [3.63, 3.8) is 0 Å². The Morgan fingerprint density at radius 3 is 2.87 bits per heavy atom. The summed E-state index contributed by atoms with van der Waals surface area (Å²) in [6.07, 6.45) is 6.75. The molecule has 0 bridgehead atoms. The fourth-order valence-electron chi connectivity index (χ4n) is 3.35. The highest BCUT2D eigenvalue weighted by atomic mass is 16.2. The number of nitrogens with zero attached hydrogens (tertiary/aromatic N) is 6. The minimum Gasteiger partial charge on any atom is -0.335 e. The Hall–Kier alpha value is -4.18. The lowest BCUT2D eigenvalue weighted by Gasteiger charge is -2.10. The van der Waals surface area contributed by atoms with Gasteiger partial charge in [-0.3, -0.25) is 19.9 Å². The number of hydrogen-bond acceptors (Lipinski definition) is 7. The lowest BCUT2D eigenvalue weighted by molar-refractivity contribution is -0.116. The predicted molar refractivity (Wildman–Crippen MR) is 117 cm³/mol. The summed E-state index contributed by atoms with van der Waals surface area (Å²) in [7, 11) is 3.68. The van der Waals surface area contributed by atoms with Crippen LogP contribution in [0.2, 0.25) is 0 Å². The van der Waals surface area contributed by atoms with Crippen molar-refractivity contribution in [1.29, 1.82) is 0 Å². The third-order valence-electron chi connectivity index (χ3n) is 4.71. The van der Waals surface area contributed by atoms with Gasteiger partial charge in [0.2, 0.25) is 5.91 Å². The predicted octanol–water partition coefficient (Wildman–Crippen LogP) is 2.46. The van der Waals surface area contributed by atoms with Gasteiger partial charge in [-0.15, -0.1) is 0 Å². The van der Waals surface area contributed by atoms with Gasteiger partial charge in [0.25, 0.3) is 0 Å². The van der Waals surface area contributed by atoms with Gasteiger partial charge < -0.3 is 15.2 Å². The number of amides is 1. The SMILES string of the molecule is CN(C)CC(=O)Nc1cncc(-c2cc3c(-c4nc5ncccc5[nH]4)n[nH]c3cn2)c1. The van der Waals surface area contributed by atoms with Crippen molar-refractivity contribution in [3.05, 3.63) is 49.1 Å². The molecule has 3 N–H and O–H groups in total. The zero-order valence-corrected chi connectivity index (χ0v) is 16.9. The maximum atomic E-state index is 12.1. The lowest BCUT2D eigenvalue weighted by Crippen LogP contribution is -2.27. The largest absolute Gasteiger partial charge is 0.335 e. The summed E-state index contributed by atoms with van der Waals surface area (Å²) in [4.78, 5) is 34.7. The van der Waals surface area contributed by atoms with Crippen molar-refractivity contribution < 1.29 is 4.79 Å². The molecular formula is C21H19N9O. The molecule has 0 spiro atoms. The van der Waals surface area contributed by atoms with Gasteiger partial charge >= 0.3 is 0 Å². The molecule has 31 heavy (non-hydrogen) atoms. The lowest BCUT2D eigenvalue weighted by atomic mass is 10.1. The first-order valence-corrected chi connectivity index (χ1v) is 9.62. The molecule has 154 valence electrons. The van der Waals surface area contributed by atoms with Crippen LogP contribution in [0.3, 0.4) is 0 Å². The van der Waals surface area contributed by atoms with E-state index in [2.05, 4.69) is 40.4 Å². The van der Waals surface area contributed by atoms with E-state index in [-0.39, 0.29) is 5.91 Å². The van der Waals surface area contributed by atoms with E-state index in [0.717, 1.165) is 22.0 Å². The molecule has 0 unspecified atom stereocenters. The molecule has 0 aliphatic heterocycles. The van der Waals surface area contributed by atoms with Crippen molar-refractivity contribution >= 4 is 33.7 Å². The topological polar surface area (TPSA) is 128 Å².